The van der Waals surface area contributed by atoms with Gasteiger partial charge in [-0.05, 0) is 43.4 Å². The summed E-state index contributed by atoms with van der Waals surface area (Å²) in [6.07, 6.45) is 5.91. The maximum absolute atomic E-state index is 13.7. The van der Waals surface area contributed by atoms with Crippen molar-refractivity contribution in [3.63, 3.8) is 0 Å². The van der Waals surface area contributed by atoms with Crippen molar-refractivity contribution in [3.05, 3.63) is 42.0 Å². The third kappa shape index (κ3) is 4.81. The van der Waals surface area contributed by atoms with Gasteiger partial charge in [-0.25, -0.2) is 9.18 Å². The monoisotopic (exact) mass is 388 g/mol. The Bertz CT molecular complexity index is 837. The van der Waals surface area contributed by atoms with Gasteiger partial charge >= 0.3 is 6.03 Å². The van der Waals surface area contributed by atoms with E-state index in [0.29, 0.717) is 50.2 Å². The number of ether oxygens (including phenoxy) is 2. The fourth-order valence-electron chi connectivity index (χ4n) is 3.20. The van der Waals surface area contributed by atoms with Crippen molar-refractivity contribution in [2.45, 2.75) is 32.4 Å². The van der Waals surface area contributed by atoms with Crippen LogP contribution in [0.2, 0.25) is 0 Å². The van der Waals surface area contributed by atoms with Crippen LogP contribution in [0.5, 0.6) is 5.75 Å². The summed E-state index contributed by atoms with van der Waals surface area (Å²) in [5.74, 6) is 0.654. The molecule has 2 amide bonds. The lowest BCUT2D eigenvalue weighted by Gasteiger charge is -2.33. The Balaban J connectivity index is 1.37. The molecule has 0 spiro atoms. The Morgan fingerprint density at radius 3 is 3.04 bits per heavy atom. The van der Waals surface area contributed by atoms with E-state index in [9.17, 15) is 9.18 Å². The number of carbonyl (C=O) groups excluding carboxylic acids is 1. The molecule has 1 unspecified atom stereocenters. The van der Waals surface area contributed by atoms with Crippen molar-refractivity contribution in [2.24, 2.45) is 5.92 Å². The first kappa shape index (κ1) is 18.7. The predicted octanol–water partition coefficient (Wildman–Crippen LogP) is 3.05. The highest BCUT2D eigenvalue weighted by molar-refractivity contribution is 5.91. The molecule has 2 fully saturated rings. The number of urea groups is 1. The number of carbonyl (C=O) groups is 1. The Morgan fingerprint density at radius 2 is 2.29 bits per heavy atom. The van der Waals surface area contributed by atoms with Gasteiger partial charge in [0, 0.05) is 18.8 Å². The van der Waals surface area contributed by atoms with E-state index < -0.39 is 5.82 Å². The molecule has 1 aliphatic heterocycles. The van der Waals surface area contributed by atoms with Crippen molar-refractivity contribution in [3.8, 4) is 5.75 Å². The summed E-state index contributed by atoms with van der Waals surface area (Å²) < 4.78 is 27.1. The number of hydrogen-bond acceptors (Lipinski definition) is 4. The van der Waals surface area contributed by atoms with Gasteiger partial charge in [0.2, 0.25) is 0 Å². The number of morpholine rings is 1. The van der Waals surface area contributed by atoms with E-state index in [-0.39, 0.29) is 12.1 Å². The number of halogens is 1. The topological polar surface area (TPSA) is 68.6 Å². The standard InChI is InChI=1S/C20H25FN4O3/c1-14-9-22-25(10-14)12-17-11-24(6-7-27-17)20(26)23-18-8-16(21)4-5-19(18)28-13-15-2-3-15/h4-5,8-10,15,17H,2-3,6-7,11-13H2,1H3,(H,23,26). The van der Waals surface area contributed by atoms with Crippen LogP contribution >= 0.6 is 0 Å². The average Bonchev–Trinajstić information content (AvgIpc) is 3.42. The smallest absolute Gasteiger partial charge is 0.322 e. The van der Waals surface area contributed by atoms with Crippen LogP contribution in [0.25, 0.3) is 0 Å². The molecular weight excluding hydrogens is 363 g/mol. The van der Waals surface area contributed by atoms with Gasteiger partial charge in [0.05, 0.1) is 44.3 Å². The molecule has 1 aromatic carbocycles. The predicted molar refractivity (Wildman–Crippen MR) is 102 cm³/mol. The highest BCUT2D eigenvalue weighted by Gasteiger charge is 2.26. The molecule has 4 rings (SSSR count). The van der Waals surface area contributed by atoms with Gasteiger partial charge in [-0.1, -0.05) is 0 Å². The van der Waals surface area contributed by atoms with Gasteiger partial charge in [0.1, 0.15) is 11.6 Å². The van der Waals surface area contributed by atoms with Crippen LogP contribution in [0.1, 0.15) is 18.4 Å². The molecule has 28 heavy (non-hydrogen) atoms. The van der Waals surface area contributed by atoms with Gasteiger partial charge in [-0.3, -0.25) is 4.68 Å². The summed E-state index contributed by atoms with van der Waals surface area (Å²) in [5, 5.41) is 7.07. The minimum Gasteiger partial charge on any atom is -0.491 e. The summed E-state index contributed by atoms with van der Waals surface area (Å²) in [6.45, 7) is 4.52. The zero-order chi connectivity index (χ0) is 19.5. The second kappa shape index (κ2) is 8.18. The largest absolute Gasteiger partial charge is 0.491 e. The number of rotatable bonds is 6. The number of nitrogens with zero attached hydrogens (tertiary/aromatic N) is 3. The molecule has 8 heteroatoms. The lowest BCUT2D eigenvalue weighted by Crippen LogP contribution is -2.48. The number of aromatic nitrogens is 2. The lowest BCUT2D eigenvalue weighted by atomic mass is 10.2. The average molecular weight is 388 g/mol. The van der Waals surface area contributed by atoms with E-state index >= 15 is 0 Å². The summed E-state index contributed by atoms with van der Waals surface area (Å²) in [7, 11) is 0. The number of aryl methyl sites for hydroxylation is 1. The van der Waals surface area contributed by atoms with E-state index in [0.717, 1.165) is 18.4 Å². The first-order valence-corrected chi connectivity index (χ1v) is 9.66. The number of anilines is 1. The molecule has 2 heterocycles. The fourth-order valence-corrected chi connectivity index (χ4v) is 3.20. The number of hydrogen-bond donors (Lipinski definition) is 1. The summed E-state index contributed by atoms with van der Waals surface area (Å²) >= 11 is 0. The van der Waals surface area contributed by atoms with E-state index in [1.165, 1.54) is 12.1 Å². The van der Waals surface area contributed by atoms with Gasteiger partial charge in [-0.2, -0.15) is 5.10 Å². The molecule has 1 aliphatic carbocycles. The Kier molecular flexibility index (Phi) is 5.47. The highest BCUT2D eigenvalue weighted by atomic mass is 19.1. The van der Waals surface area contributed by atoms with Gasteiger partial charge < -0.3 is 19.7 Å². The van der Waals surface area contributed by atoms with Crippen LogP contribution in [0, 0.1) is 18.7 Å². The van der Waals surface area contributed by atoms with Crippen LogP contribution in [0.4, 0.5) is 14.9 Å². The van der Waals surface area contributed by atoms with Crippen LogP contribution in [0.15, 0.2) is 30.6 Å². The second-order valence-corrected chi connectivity index (χ2v) is 7.50. The molecule has 1 saturated heterocycles. The minimum absolute atomic E-state index is 0.142. The lowest BCUT2D eigenvalue weighted by molar-refractivity contribution is -0.0220. The van der Waals surface area contributed by atoms with Gasteiger partial charge in [-0.15, -0.1) is 0 Å². The van der Waals surface area contributed by atoms with E-state index in [4.69, 9.17) is 9.47 Å². The van der Waals surface area contributed by atoms with E-state index in [1.807, 2.05) is 17.8 Å². The molecular formula is C20H25FN4O3. The van der Waals surface area contributed by atoms with E-state index in [1.54, 1.807) is 17.2 Å². The van der Waals surface area contributed by atoms with Gasteiger partial charge in [0.15, 0.2) is 0 Å². The third-order valence-corrected chi connectivity index (χ3v) is 4.93. The zero-order valence-electron chi connectivity index (χ0n) is 15.9. The van der Waals surface area contributed by atoms with Crippen LogP contribution in [-0.2, 0) is 11.3 Å². The summed E-state index contributed by atoms with van der Waals surface area (Å²) in [4.78, 5) is 14.4. The Morgan fingerprint density at radius 1 is 1.43 bits per heavy atom. The minimum atomic E-state index is -0.414. The fraction of sp³-hybridized carbons (Fsp3) is 0.500. The van der Waals surface area contributed by atoms with Gasteiger partial charge in [0.25, 0.3) is 0 Å². The molecule has 1 saturated carbocycles. The van der Waals surface area contributed by atoms with Crippen molar-refractivity contribution in [2.75, 3.05) is 31.6 Å². The Labute approximate surface area is 163 Å². The second-order valence-electron chi connectivity index (χ2n) is 7.50. The highest BCUT2D eigenvalue weighted by Crippen LogP contribution is 2.32. The first-order chi connectivity index (χ1) is 13.6. The molecule has 0 radical (unpaired) electrons. The zero-order valence-corrected chi connectivity index (χ0v) is 15.9. The Hall–Kier alpha value is -2.61. The summed E-state index contributed by atoms with van der Waals surface area (Å²) in [5.41, 5.74) is 1.44. The molecule has 2 aliphatic rings. The molecule has 7 nitrogen and oxygen atoms in total. The van der Waals surface area contributed by atoms with Crippen molar-refractivity contribution < 1.29 is 18.7 Å². The molecule has 1 aromatic heterocycles. The third-order valence-electron chi connectivity index (χ3n) is 4.93. The number of nitrogens with one attached hydrogen (secondary N) is 1. The number of benzene rings is 1. The quantitative estimate of drug-likeness (QED) is 0.826. The molecule has 1 atom stereocenters. The van der Waals surface area contributed by atoms with Crippen molar-refractivity contribution in [1.82, 2.24) is 14.7 Å². The van der Waals surface area contributed by atoms with E-state index in [2.05, 4.69) is 10.4 Å². The van der Waals surface area contributed by atoms with Crippen LogP contribution in [-0.4, -0.2) is 53.1 Å². The van der Waals surface area contributed by atoms with Crippen LogP contribution in [0.3, 0.4) is 0 Å². The SMILES string of the molecule is Cc1cnn(CC2CN(C(=O)Nc3cc(F)ccc3OCC3CC3)CCO2)c1. The van der Waals surface area contributed by atoms with Crippen molar-refractivity contribution >= 4 is 11.7 Å². The van der Waals surface area contributed by atoms with Crippen LogP contribution < -0.4 is 10.1 Å². The normalized spacial score (nSPS) is 19.5. The molecule has 0 bridgehead atoms. The maximum atomic E-state index is 13.7. The molecule has 1 N–H and O–H groups in total. The van der Waals surface area contributed by atoms with Crippen molar-refractivity contribution in [1.29, 1.82) is 0 Å². The molecule has 150 valence electrons. The summed E-state index contributed by atoms with van der Waals surface area (Å²) in [6, 6.07) is 3.92. The molecule has 2 aromatic rings. The first-order valence-electron chi connectivity index (χ1n) is 9.66. The maximum Gasteiger partial charge on any atom is 0.322 e. The number of amides is 2.